The number of carbonyl (C=O) groups is 1. The van der Waals surface area contributed by atoms with E-state index in [9.17, 15) is 13.6 Å². The quantitative estimate of drug-likeness (QED) is 0.447. The van der Waals surface area contributed by atoms with E-state index < -0.39 is 5.41 Å². The first kappa shape index (κ1) is 16.2. The Hall–Kier alpha value is -2.23. The summed E-state index contributed by atoms with van der Waals surface area (Å²) in [5.41, 5.74) is 2.27. The maximum atomic E-state index is 14.8. The van der Waals surface area contributed by atoms with Crippen LogP contribution in [-0.2, 0) is 5.41 Å². The third kappa shape index (κ3) is 2.38. The predicted octanol–water partition coefficient (Wildman–Crippen LogP) is 4.94. The molecule has 0 aliphatic carbocycles. The molecule has 0 fully saturated rings. The summed E-state index contributed by atoms with van der Waals surface area (Å²) in [5.74, 6) is -0.646. The zero-order chi connectivity index (χ0) is 17.8. The number of aldehydes is 1. The fourth-order valence-corrected chi connectivity index (χ4v) is 5.95. The van der Waals surface area contributed by atoms with Gasteiger partial charge in [0.25, 0.3) is 0 Å². The van der Waals surface area contributed by atoms with Crippen LogP contribution >= 0.6 is 0 Å². The molecule has 0 amide bonds. The molecule has 0 N–H and O–H groups in total. The van der Waals surface area contributed by atoms with Crippen molar-refractivity contribution in [2.75, 3.05) is 4.90 Å². The summed E-state index contributed by atoms with van der Waals surface area (Å²) in [6, 6.07) is 13.1. The summed E-state index contributed by atoms with van der Waals surface area (Å²) in [6.07, 6.45) is 0.860. The number of benzene rings is 2. The summed E-state index contributed by atoms with van der Waals surface area (Å²) in [7, 11) is 0. The average Bonchev–Trinajstić information content (AvgIpc) is 3.00. The zero-order valence-electron chi connectivity index (χ0n) is 13.7. The van der Waals surface area contributed by atoms with Gasteiger partial charge in [-0.05, 0) is 0 Å². The Balaban J connectivity index is 2.08. The SMILES string of the molecule is CC1(C)c2cc(C=O)[se]c2N(c2cccc(F)c2)c2cccc(F)c21. The van der Waals surface area contributed by atoms with Gasteiger partial charge >= 0.3 is 150 Å². The summed E-state index contributed by atoms with van der Waals surface area (Å²) in [5, 5.41) is 0. The number of hydrogen-bond donors (Lipinski definition) is 0. The van der Waals surface area contributed by atoms with Crippen LogP contribution in [-0.4, -0.2) is 20.8 Å². The topological polar surface area (TPSA) is 20.3 Å². The van der Waals surface area contributed by atoms with Crippen molar-refractivity contribution in [2.45, 2.75) is 19.3 Å². The Morgan fingerprint density at radius 1 is 1.08 bits per heavy atom. The van der Waals surface area contributed by atoms with E-state index >= 15 is 0 Å². The van der Waals surface area contributed by atoms with E-state index in [-0.39, 0.29) is 26.1 Å². The third-order valence-electron chi connectivity index (χ3n) is 4.65. The number of hydrogen-bond acceptors (Lipinski definition) is 2. The molecule has 2 nitrogen and oxygen atoms in total. The van der Waals surface area contributed by atoms with Crippen LogP contribution in [0.1, 0.15) is 34.2 Å². The van der Waals surface area contributed by atoms with Gasteiger partial charge in [-0.1, -0.05) is 0 Å². The van der Waals surface area contributed by atoms with E-state index in [0.29, 0.717) is 21.4 Å². The van der Waals surface area contributed by atoms with Crippen molar-refractivity contribution in [3.05, 3.63) is 75.7 Å². The van der Waals surface area contributed by atoms with Crippen molar-refractivity contribution in [3.8, 4) is 0 Å². The van der Waals surface area contributed by atoms with Crippen LogP contribution in [0, 0.1) is 11.6 Å². The van der Waals surface area contributed by atoms with Gasteiger partial charge in [0, 0.05) is 0 Å². The normalized spacial score (nSPS) is 14.8. The monoisotopic (exact) mass is 403 g/mol. The van der Waals surface area contributed by atoms with Crippen LogP contribution in [0.25, 0.3) is 0 Å². The first-order valence-corrected chi connectivity index (χ1v) is 9.59. The zero-order valence-corrected chi connectivity index (χ0v) is 15.4. The van der Waals surface area contributed by atoms with Crippen LogP contribution in [0.15, 0.2) is 48.5 Å². The van der Waals surface area contributed by atoms with Crippen molar-refractivity contribution < 1.29 is 13.6 Å². The molecule has 1 aromatic heterocycles. The van der Waals surface area contributed by atoms with Crippen LogP contribution in [0.3, 0.4) is 0 Å². The van der Waals surface area contributed by atoms with Crippen molar-refractivity contribution in [3.63, 3.8) is 0 Å². The fraction of sp³-hybridized carbons (Fsp3) is 0.150. The van der Waals surface area contributed by atoms with Gasteiger partial charge in [0.2, 0.25) is 0 Å². The molecular formula is C20H15F2NOSe. The molecule has 0 spiro atoms. The number of rotatable bonds is 2. The van der Waals surface area contributed by atoms with E-state index in [2.05, 4.69) is 0 Å². The van der Waals surface area contributed by atoms with Crippen molar-refractivity contribution in [2.24, 2.45) is 0 Å². The van der Waals surface area contributed by atoms with E-state index in [1.54, 1.807) is 18.2 Å². The number of halogens is 2. The second-order valence-electron chi connectivity index (χ2n) is 6.56. The van der Waals surface area contributed by atoms with Gasteiger partial charge in [-0.2, -0.15) is 0 Å². The molecule has 0 saturated carbocycles. The van der Waals surface area contributed by atoms with Crippen molar-refractivity contribution >= 4 is 36.7 Å². The molecule has 0 unspecified atom stereocenters. The molecule has 5 heteroatoms. The Morgan fingerprint density at radius 3 is 2.56 bits per heavy atom. The minimum absolute atomic E-state index is 0.204. The van der Waals surface area contributed by atoms with Crippen molar-refractivity contribution in [1.29, 1.82) is 0 Å². The van der Waals surface area contributed by atoms with Gasteiger partial charge in [-0.25, -0.2) is 0 Å². The standard InChI is InChI=1S/C20H15F2NOSe/c1-20(2)15-10-14(11-24)25-19(15)23(13-6-3-5-12(21)9-13)17-8-4-7-16(22)18(17)20/h3-11H,1-2H3. The summed E-state index contributed by atoms with van der Waals surface area (Å²) >= 11 is -0.204. The van der Waals surface area contributed by atoms with E-state index in [4.69, 9.17) is 0 Å². The van der Waals surface area contributed by atoms with E-state index in [1.165, 1.54) is 18.2 Å². The van der Waals surface area contributed by atoms with Gasteiger partial charge in [-0.3, -0.25) is 0 Å². The van der Waals surface area contributed by atoms with Gasteiger partial charge < -0.3 is 0 Å². The van der Waals surface area contributed by atoms with Crippen LogP contribution < -0.4 is 4.90 Å². The predicted molar refractivity (Wildman–Crippen MR) is 95.5 cm³/mol. The number of anilines is 3. The second kappa shape index (κ2) is 5.65. The fourth-order valence-electron chi connectivity index (χ4n) is 3.51. The first-order valence-electron chi connectivity index (χ1n) is 7.87. The summed E-state index contributed by atoms with van der Waals surface area (Å²) in [6.45, 7) is 3.93. The summed E-state index contributed by atoms with van der Waals surface area (Å²) < 4.78 is 30.3. The van der Waals surface area contributed by atoms with Crippen molar-refractivity contribution in [1.82, 2.24) is 0 Å². The molecular weight excluding hydrogens is 387 g/mol. The van der Waals surface area contributed by atoms with E-state index in [1.807, 2.05) is 30.9 Å². The van der Waals surface area contributed by atoms with Crippen LogP contribution in [0.4, 0.5) is 24.7 Å². The Kier molecular flexibility index (Phi) is 3.67. The molecule has 25 heavy (non-hydrogen) atoms. The molecule has 2 heterocycles. The van der Waals surface area contributed by atoms with Gasteiger partial charge in [-0.15, -0.1) is 0 Å². The maximum absolute atomic E-state index is 14.8. The third-order valence-corrected chi connectivity index (χ3v) is 6.84. The molecule has 1 aliphatic rings. The number of carbonyl (C=O) groups excluding carboxylic acids is 1. The number of fused-ring (bicyclic) bond motifs is 2. The van der Waals surface area contributed by atoms with Crippen LogP contribution in [0.5, 0.6) is 0 Å². The van der Waals surface area contributed by atoms with Gasteiger partial charge in [0.1, 0.15) is 0 Å². The average molecular weight is 402 g/mol. The molecule has 3 aromatic rings. The Morgan fingerprint density at radius 2 is 1.84 bits per heavy atom. The molecule has 1 aliphatic heterocycles. The molecule has 4 rings (SSSR count). The molecule has 0 atom stereocenters. The Labute approximate surface area is 150 Å². The Bertz CT molecular complexity index is 993. The molecule has 0 saturated heterocycles. The van der Waals surface area contributed by atoms with Gasteiger partial charge in [0.15, 0.2) is 0 Å². The van der Waals surface area contributed by atoms with Gasteiger partial charge in [0.05, 0.1) is 0 Å². The molecule has 0 bridgehead atoms. The minimum atomic E-state index is -0.563. The first-order chi connectivity index (χ1) is 11.9. The van der Waals surface area contributed by atoms with Crippen LogP contribution in [0.2, 0.25) is 0 Å². The van der Waals surface area contributed by atoms with E-state index in [0.717, 1.165) is 16.4 Å². The molecule has 126 valence electrons. The molecule has 0 radical (unpaired) electrons. The second-order valence-corrected chi connectivity index (χ2v) is 8.79. The number of nitrogens with zero attached hydrogens (tertiary/aromatic N) is 1. The summed E-state index contributed by atoms with van der Waals surface area (Å²) in [4.78, 5) is 13.3. The molecule has 2 aromatic carbocycles.